The van der Waals surface area contributed by atoms with Crippen molar-refractivity contribution in [3.8, 4) is 0 Å². The number of aryl methyl sites for hydroxylation is 3. The average Bonchev–Trinajstić information content (AvgIpc) is 2.78. The van der Waals surface area contributed by atoms with Crippen LogP contribution < -0.4 is 0 Å². The van der Waals surface area contributed by atoms with E-state index in [1.807, 2.05) is 0 Å². The lowest BCUT2D eigenvalue weighted by Gasteiger charge is -2.10. The Bertz CT molecular complexity index is 501. The highest BCUT2D eigenvalue weighted by Gasteiger charge is 2.02. The average molecular weight is 429 g/mol. The lowest BCUT2D eigenvalue weighted by molar-refractivity contribution is 0.555. The van der Waals surface area contributed by atoms with Gasteiger partial charge < -0.3 is 0 Å². The molecule has 0 saturated carbocycles. The lowest BCUT2D eigenvalue weighted by Crippen LogP contribution is -1.94. The van der Waals surface area contributed by atoms with Crippen LogP contribution in [-0.2, 0) is 12.8 Å². The maximum Gasteiger partial charge on any atom is -0.0276 e. The minimum absolute atomic E-state index is 1.28. The summed E-state index contributed by atoms with van der Waals surface area (Å²) in [4.78, 5) is 0. The van der Waals surface area contributed by atoms with E-state index < -0.39 is 0 Å². The maximum atomic E-state index is 2.52. The van der Waals surface area contributed by atoms with Crippen LogP contribution in [0.2, 0.25) is 0 Å². The number of hydrogen-bond acceptors (Lipinski definition) is 0. The van der Waals surface area contributed by atoms with E-state index in [4.69, 9.17) is 0 Å². The van der Waals surface area contributed by atoms with E-state index in [1.54, 1.807) is 11.1 Å². The van der Waals surface area contributed by atoms with Crippen molar-refractivity contribution in [3.05, 3.63) is 34.9 Å². The Balaban J connectivity index is 2.06. The predicted octanol–water partition coefficient (Wildman–Crippen LogP) is 10.9. The van der Waals surface area contributed by atoms with E-state index in [0.717, 1.165) is 0 Å². The van der Waals surface area contributed by atoms with Crippen molar-refractivity contribution in [1.29, 1.82) is 0 Å². The van der Waals surface area contributed by atoms with Gasteiger partial charge in [0, 0.05) is 0 Å². The van der Waals surface area contributed by atoms with E-state index in [2.05, 4.69) is 39.0 Å². The van der Waals surface area contributed by atoms with Gasteiger partial charge in [-0.3, -0.25) is 0 Å². The summed E-state index contributed by atoms with van der Waals surface area (Å²) in [5, 5.41) is 0. The lowest BCUT2D eigenvalue weighted by atomic mass is 9.96. The molecule has 0 nitrogen and oxygen atoms in total. The van der Waals surface area contributed by atoms with Crippen molar-refractivity contribution in [2.75, 3.05) is 0 Å². The minimum atomic E-state index is 1.28. The third-order valence-electron chi connectivity index (χ3n) is 7.03. The zero-order valence-electron chi connectivity index (χ0n) is 21.8. The first-order valence-electron chi connectivity index (χ1n) is 14.4. The molecule has 0 radical (unpaired) electrons. The first-order valence-corrected chi connectivity index (χ1v) is 14.4. The molecule has 0 atom stereocenters. The molecule has 0 aromatic heterocycles. The van der Waals surface area contributed by atoms with Crippen molar-refractivity contribution >= 4 is 0 Å². The van der Waals surface area contributed by atoms with E-state index in [-0.39, 0.29) is 0 Å². The highest BCUT2D eigenvalue weighted by molar-refractivity contribution is 5.31. The molecule has 0 bridgehead atoms. The van der Waals surface area contributed by atoms with Crippen molar-refractivity contribution in [2.45, 2.75) is 162 Å². The maximum absolute atomic E-state index is 2.52. The summed E-state index contributed by atoms with van der Waals surface area (Å²) in [7, 11) is 0. The molecule has 0 aliphatic carbocycles. The Kier molecular flexibility index (Phi) is 19.2. The molecule has 0 saturated heterocycles. The third-order valence-corrected chi connectivity index (χ3v) is 7.03. The van der Waals surface area contributed by atoms with Crippen molar-refractivity contribution in [2.24, 2.45) is 0 Å². The third kappa shape index (κ3) is 16.5. The molecule has 0 spiro atoms. The fourth-order valence-electron chi connectivity index (χ4n) is 4.77. The zero-order valence-corrected chi connectivity index (χ0v) is 21.8. The largest absolute Gasteiger partial charge is 0.0654 e. The summed E-state index contributed by atoms with van der Waals surface area (Å²) in [6.07, 6.45) is 31.1. The Morgan fingerprint density at radius 2 is 0.839 bits per heavy atom. The molecule has 0 heterocycles. The molecule has 0 aliphatic heterocycles. The molecule has 1 rings (SSSR count). The number of benzene rings is 1. The van der Waals surface area contributed by atoms with E-state index >= 15 is 0 Å². The fourth-order valence-corrected chi connectivity index (χ4v) is 4.77. The van der Waals surface area contributed by atoms with Gasteiger partial charge in [0.2, 0.25) is 0 Å². The van der Waals surface area contributed by atoms with Crippen LogP contribution in [0.5, 0.6) is 0 Å². The number of hydrogen-bond donors (Lipinski definition) is 0. The van der Waals surface area contributed by atoms with Crippen LogP contribution in [0.1, 0.15) is 159 Å². The fraction of sp³-hybridized carbons (Fsp3) is 0.806. The van der Waals surface area contributed by atoms with Crippen molar-refractivity contribution in [3.63, 3.8) is 0 Å². The molecule has 31 heavy (non-hydrogen) atoms. The Labute approximate surface area is 197 Å². The van der Waals surface area contributed by atoms with Gasteiger partial charge in [-0.2, -0.15) is 0 Å². The molecule has 0 fully saturated rings. The first kappa shape index (κ1) is 28.3. The highest BCUT2D eigenvalue weighted by Crippen LogP contribution is 2.18. The Morgan fingerprint density at radius 3 is 1.29 bits per heavy atom. The van der Waals surface area contributed by atoms with Gasteiger partial charge in [-0.25, -0.2) is 0 Å². The second-order valence-corrected chi connectivity index (χ2v) is 10.1. The van der Waals surface area contributed by atoms with Gasteiger partial charge in [0.15, 0.2) is 0 Å². The van der Waals surface area contributed by atoms with Gasteiger partial charge >= 0.3 is 0 Å². The molecular weight excluding hydrogens is 372 g/mol. The minimum Gasteiger partial charge on any atom is -0.0654 e. The molecular formula is C31H56. The molecule has 1 aromatic rings. The van der Waals surface area contributed by atoms with E-state index in [1.165, 1.54) is 147 Å². The number of rotatable bonds is 22. The van der Waals surface area contributed by atoms with Crippen LogP contribution in [0.15, 0.2) is 18.2 Å². The molecule has 1 aromatic carbocycles. The summed E-state index contributed by atoms with van der Waals surface area (Å²) in [6.45, 7) is 6.90. The van der Waals surface area contributed by atoms with E-state index in [9.17, 15) is 0 Å². The van der Waals surface area contributed by atoms with Gasteiger partial charge in [-0.1, -0.05) is 148 Å². The molecule has 0 aliphatic rings. The smallest absolute Gasteiger partial charge is 0.0276 e. The second kappa shape index (κ2) is 21.1. The van der Waals surface area contributed by atoms with Crippen LogP contribution in [0.25, 0.3) is 0 Å². The van der Waals surface area contributed by atoms with Gasteiger partial charge in [-0.05, 0) is 49.3 Å². The molecule has 0 unspecified atom stereocenters. The van der Waals surface area contributed by atoms with Crippen LogP contribution in [-0.4, -0.2) is 0 Å². The molecule has 0 heteroatoms. The van der Waals surface area contributed by atoms with Crippen LogP contribution in [0.3, 0.4) is 0 Å². The Morgan fingerprint density at radius 1 is 0.452 bits per heavy atom. The summed E-state index contributed by atoms with van der Waals surface area (Å²) < 4.78 is 0. The molecule has 0 amide bonds. The monoisotopic (exact) mass is 428 g/mol. The van der Waals surface area contributed by atoms with Gasteiger partial charge in [-0.15, -0.1) is 0 Å². The SMILES string of the molecule is CCCCCCCCCCCCc1ccc(C)c(CCCCCCCCCCCC)c1. The summed E-state index contributed by atoms with van der Waals surface area (Å²) in [6, 6.07) is 7.28. The predicted molar refractivity (Wildman–Crippen MR) is 142 cm³/mol. The normalized spacial score (nSPS) is 11.3. The topological polar surface area (TPSA) is 0 Å². The molecule has 180 valence electrons. The number of unbranched alkanes of at least 4 members (excludes halogenated alkanes) is 18. The van der Waals surface area contributed by atoms with Crippen molar-refractivity contribution < 1.29 is 0 Å². The van der Waals surface area contributed by atoms with Gasteiger partial charge in [0.05, 0.1) is 0 Å². The molecule has 0 N–H and O–H groups in total. The summed E-state index contributed by atoms with van der Waals surface area (Å²) >= 11 is 0. The van der Waals surface area contributed by atoms with Gasteiger partial charge in [0.1, 0.15) is 0 Å². The van der Waals surface area contributed by atoms with E-state index in [0.29, 0.717) is 0 Å². The summed E-state index contributed by atoms with van der Waals surface area (Å²) in [5.41, 5.74) is 4.69. The standard InChI is InChI=1S/C31H56/c1-4-6-8-10-12-14-16-18-20-22-24-30-27-26-29(3)31(28-30)25-23-21-19-17-15-13-11-9-7-5-2/h26-28H,4-25H2,1-3H3. The van der Waals surface area contributed by atoms with Gasteiger partial charge in [0.25, 0.3) is 0 Å². The van der Waals surface area contributed by atoms with Crippen LogP contribution in [0.4, 0.5) is 0 Å². The van der Waals surface area contributed by atoms with Crippen molar-refractivity contribution in [1.82, 2.24) is 0 Å². The Hall–Kier alpha value is -0.780. The first-order chi connectivity index (χ1) is 15.3. The summed E-state index contributed by atoms with van der Waals surface area (Å²) in [5.74, 6) is 0. The second-order valence-electron chi connectivity index (χ2n) is 10.1. The quantitative estimate of drug-likeness (QED) is 0.161. The van der Waals surface area contributed by atoms with Crippen LogP contribution in [0, 0.1) is 6.92 Å². The highest BCUT2D eigenvalue weighted by atomic mass is 14.1. The zero-order chi connectivity index (χ0) is 22.4. The van der Waals surface area contributed by atoms with Crippen LogP contribution >= 0.6 is 0 Å².